The highest BCUT2D eigenvalue weighted by Crippen LogP contribution is 2.42. The lowest BCUT2D eigenvalue weighted by molar-refractivity contribution is 0.1000. The molecule has 0 unspecified atom stereocenters. The van der Waals surface area contributed by atoms with Gasteiger partial charge >= 0.3 is 0 Å². The number of hydrogen-bond donors (Lipinski definition) is 1. The number of primary amides is 1. The van der Waals surface area contributed by atoms with Gasteiger partial charge in [0.25, 0.3) is 0 Å². The van der Waals surface area contributed by atoms with Crippen molar-refractivity contribution in [3.8, 4) is 11.1 Å². The Morgan fingerprint density at radius 2 is 1.67 bits per heavy atom. The Morgan fingerprint density at radius 1 is 1.03 bits per heavy atom. The molecule has 4 rings (SSSR count). The molecule has 0 saturated carbocycles. The van der Waals surface area contributed by atoms with E-state index in [1.165, 1.54) is 21.5 Å². The predicted molar refractivity (Wildman–Crippen MR) is 134 cm³/mol. The molecule has 1 aliphatic carbocycles. The molecule has 2 aliphatic rings. The summed E-state index contributed by atoms with van der Waals surface area (Å²) in [6.45, 7) is 19.2. The van der Waals surface area contributed by atoms with Crippen molar-refractivity contribution in [2.45, 2.75) is 59.6 Å². The number of hydrogen-bond acceptors (Lipinski definition) is 1. The van der Waals surface area contributed by atoms with Gasteiger partial charge in [0.1, 0.15) is 5.82 Å². The lowest BCUT2D eigenvalue weighted by atomic mass is 9.91. The maximum absolute atomic E-state index is 14.7. The van der Waals surface area contributed by atoms with Gasteiger partial charge in [-0.1, -0.05) is 73.4 Å². The molecule has 0 atom stereocenters. The van der Waals surface area contributed by atoms with Gasteiger partial charge in [-0.15, -0.1) is 0 Å². The van der Waals surface area contributed by atoms with Crippen LogP contribution in [0.5, 0.6) is 0 Å². The molecule has 0 bridgehead atoms. The fourth-order valence-electron chi connectivity index (χ4n) is 5.72. The Labute approximate surface area is 182 Å². The zero-order valence-electron chi connectivity index (χ0n) is 19.4. The molecule has 0 spiro atoms. The van der Waals surface area contributed by atoms with Crippen molar-refractivity contribution in [3.05, 3.63) is 51.8 Å². The first-order valence-electron chi connectivity index (χ1n) is 10.7. The van der Waals surface area contributed by atoms with E-state index in [0.717, 1.165) is 22.3 Å². The minimum atomic E-state index is -1.77. The molecule has 2 aromatic carbocycles. The van der Waals surface area contributed by atoms with Crippen LogP contribution >= 0.6 is 0 Å². The van der Waals surface area contributed by atoms with E-state index in [9.17, 15) is 9.18 Å². The maximum atomic E-state index is 14.7. The Bertz CT molecular complexity index is 1160. The van der Waals surface area contributed by atoms with Crippen molar-refractivity contribution in [2.75, 3.05) is 0 Å². The summed E-state index contributed by atoms with van der Waals surface area (Å²) in [6.07, 6.45) is 2.79. The van der Waals surface area contributed by atoms with Gasteiger partial charge in [0.15, 0.2) is 0 Å². The first-order chi connectivity index (χ1) is 13.7. The number of rotatable bonds is 2. The SMILES string of the molecule is CC1=Cc2c(-c3c(C)c(C(N)=O)cc4c3[Si](C)(C)[Si](C)(C)[Si]4(C)C)ccc(F)c2C1. The second-order valence-corrected chi connectivity index (χ2v) is 38.0. The third kappa shape index (κ3) is 2.53. The van der Waals surface area contributed by atoms with E-state index < -0.39 is 22.3 Å². The summed E-state index contributed by atoms with van der Waals surface area (Å²) < 4.78 is 14.7. The number of nitrogens with two attached hydrogens (primary N) is 1. The van der Waals surface area contributed by atoms with E-state index in [-0.39, 0.29) is 11.7 Å². The van der Waals surface area contributed by atoms with Crippen LogP contribution < -0.4 is 16.1 Å². The predicted octanol–water partition coefficient (Wildman–Crippen LogP) is 4.57. The fourth-order valence-corrected chi connectivity index (χ4v) is 40.5. The average Bonchev–Trinajstić information content (AvgIpc) is 3.07. The largest absolute Gasteiger partial charge is 0.366 e. The summed E-state index contributed by atoms with van der Waals surface area (Å²) in [5, 5.41) is 2.95. The van der Waals surface area contributed by atoms with Gasteiger partial charge in [-0.25, -0.2) is 4.39 Å². The number of carbonyl (C=O) groups is 1. The van der Waals surface area contributed by atoms with Crippen molar-refractivity contribution in [3.63, 3.8) is 0 Å². The maximum Gasteiger partial charge on any atom is 0.248 e. The van der Waals surface area contributed by atoms with Gasteiger partial charge in [-0.3, -0.25) is 4.79 Å². The molecule has 1 heterocycles. The molecule has 0 aromatic heterocycles. The Morgan fingerprint density at radius 3 is 2.27 bits per heavy atom. The van der Waals surface area contributed by atoms with Crippen LogP contribution in [0.15, 0.2) is 23.8 Å². The quantitative estimate of drug-likeness (QED) is 0.665. The third-order valence-corrected chi connectivity index (χ3v) is 50.3. The fraction of sp³-hybridized carbons (Fsp3) is 0.375. The molecule has 1 aliphatic heterocycles. The summed E-state index contributed by atoms with van der Waals surface area (Å²) >= 11 is 0. The minimum Gasteiger partial charge on any atom is -0.366 e. The van der Waals surface area contributed by atoms with Gasteiger partial charge in [-0.05, 0) is 54.2 Å². The minimum absolute atomic E-state index is 0.136. The molecule has 0 radical (unpaired) electrons. The second kappa shape index (κ2) is 6.37. The lowest BCUT2D eigenvalue weighted by Gasteiger charge is -2.40. The molecule has 2 aromatic rings. The summed E-state index contributed by atoms with van der Waals surface area (Å²) in [5.41, 5.74) is 12.7. The number of halogens is 1. The summed E-state index contributed by atoms with van der Waals surface area (Å²) in [4.78, 5) is 12.5. The van der Waals surface area contributed by atoms with E-state index in [1.54, 1.807) is 6.07 Å². The molecule has 6 heteroatoms. The summed E-state index contributed by atoms with van der Waals surface area (Å²) in [6, 6.07) is 5.69. The highest BCUT2D eigenvalue weighted by molar-refractivity contribution is 7.76. The van der Waals surface area contributed by atoms with Crippen LogP contribution in [0.2, 0.25) is 39.3 Å². The van der Waals surface area contributed by atoms with Crippen LogP contribution in [0.1, 0.15) is 34.0 Å². The molecule has 2 nitrogen and oxygen atoms in total. The van der Waals surface area contributed by atoms with E-state index >= 15 is 0 Å². The normalized spacial score (nSPS) is 20.0. The topological polar surface area (TPSA) is 43.1 Å². The van der Waals surface area contributed by atoms with Gasteiger partial charge in [0.2, 0.25) is 5.91 Å². The number of benzene rings is 2. The number of carbonyl (C=O) groups excluding carboxylic acids is 1. The second-order valence-electron chi connectivity index (χ2n) is 10.7. The lowest BCUT2D eigenvalue weighted by Crippen LogP contribution is -2.68. The van der Waals surface area contributed by atoms with Crippen LogP contribution in [0.3, 0.4) is 0 Å². The Hall–Kier alpha value is -1.77. The van der Waals surface area contributed by atoms with Crippen LogP contribution in [0.25, 0.3) is 17.2 Å². The molecule has 30 heavy (non-hydrogen) atoms. The zero-order valence-corrected chi connectivity index (χ0v) is 22.4. The van der Waals surface area contributed by atoms with Gasteiger partial charge in [-0.2, -0.15) is 0 Å². The Kier molecular flexibility index (Phi) is 4.56. The Balaban J connectivity index is 2.20. The average molecular weight is 454 g/mol. The molecular weight excluding hydrogens is 422 g/mol. The van der Waals surface area contributed by atoms with E-state index in [2.05, 4.69) is 58.3 Å². The van der Waals surface area contributed by atoms with Crippen molar-refractivity contribution in [1.29, 1.82) is 0 Å². The molecule has 158 valence electrons. The first kappa shape index (κ1) is 21.5. The van der Waals surface area contributed by atoms with Crippen molar-refractivity contribution in [2.24, 2.45) is 5.73 Å². The number of fused-ring (bicyclic) bond motifs is 2. The van der Waals surface area contributed by atoms with Gasteiger partial charge < -0.3 is 5.73 Å². The highest BCUT2D eigenvalue weighted by Gasteiger charge is 2.61. The van der Waals surface area contributed by atoms with E-state index in [4.69, 9.17) is 5.73 Å². The third-order valence-electron chi connectivity index (χ3n) is 8.69. The molecular formula is C24H32FNOSi3. The number of amides is 1. The van der Waals surface area contributed by atoms with Crippen LogP contribution in [-0.4, -0.2) is 28.2 Å². The van der Waals surface area contributed by atoms with Crippen LogP contribution in [-0.2, 0) is 6.42 Å². The summed E-state index contributed by atoms with van der Waals surface area (Å²) in [5.74, 6) is -0.499. The summed E-state index contributed by atoms with van der Waals surface area (Å²) in [7, 11) is -5.06. The first-order valence-corrected chi connectivity index (χ1v) is 21.7. The van der Waals surface area contributed by atoms with E-state index in [1.807, 2.05) is 13.0 Å². The van der Waals surface area contributed by atoms with Crippen molar-refractivity contribution >= 4 is 44.6 Å². The van der Waals surface area contributed by atoms with E-state index in [0.29, 0.717) is 12.0 Å². The zero-order chi connectivity index (χ0) is 22.4. The standard InChI is InChI=1S/C24H32FNOSi3/c1-14-11-18-16(9-10-20(25)19(18)12-14)22-15(2)17(24(26)27)13-21-23(22)29(5,6)30(7,8)28(21,3)4/h9-11,13H,12H2,1-8H3,(H2,26,27). The monoisotopic (exact) mass is 453 g/mol. The molecule has 0 fully saturated rings. The number of allylic oxidation sites excluding steroid dienone is 1. The van der Waals surface area contributed by atoms with Gasteiger partial charge in [0.05, 0.1) is 15.2 Å². The van der Waals surface area contributed by atoms with Crippen LogP contribution in [0, 0.1) is 12.7 Å². The molecule has 1 amide bonds. The highest BCUT2D eigenvalue weighted by atomic mass is 29.6. The van der Waals surface area contributed by atoms with Crippen molar-refractivity contribution < 1.29 is 9.18 Å². The van der Waals surface area contributed by atoms with Gasteiger partial charge in [0, 0.05) is 12.7 Å². The van der Waals surface area contributed by atoms with Crippen molar-refractivity contribution in [1.82, 2.24) is 0 Å². The smallest absolute Gasteiger partial charge is 0.248 e. The molecule has 2 N–H and O–H groups in total. The molecule has 0 saturated heterocycles. The van der Waals surface area contributed by atoms with Crippen LogP contribution in [0.4, 0.5) is 4.39 Å².